The molecule has 0 aliphatic carbocycles. The minimum atomic E-state index is -0.314. The Kier molecular flexibility index (Phi) is 7.29. The number of benzene rings is 2. The molecule has 30 heavy (non-hydrogen) atoms. The highest BCUT2D eigenvalue weighted by Crippen LogP contribution is 2.30. The van der Waals surface area contributed by atoms with E-state index in [1.165, 1.54) is 11.1 Å². The summed E-state index contributed by atoms with van der Waals surface area (Å²) in [6.45, 7) is 7.14. The van der Waals surface area contributed by atoms with E-state index >= 15 is 0 Å². The maximum absolute atomic E-state index is 11.2. The summed E-state index contributed by atoms with van der Waals surface area (Å²) in [6, 6.07) is 16.2. The summed E-state index contributed by atoms with van der Waals surface area (Å²) in [5.74, 6) is -0.314. The van der Waals surface area contributed by atoms with E-state index in [4.69, 9.17) is 17.3 Å². The maximum Gasteiger partial charge on any atom is 0.221 e. The number of amides is 1. The van der Waals surface area contributed by atoms with E-state index in [1.54, 1.807) is 0 Å². The fraction of sp³-hybridized carbons (Fsp3) is 0.333. The molecule has 158 valence electrons. The second-order valence-corrected chi connectivity index (χ2v) is 8.54. The van der Waals surface area contributed by atoms with Gasteiger partial charge in [0, 0.05) is 42.6 Å². The third-order valence-electron chi connectivity index (χ3n) is 5.52. The van der Waals surface area contributed by atoms with Gasteiger partial charge in [0.15, 0.2) is 0 Å². The average Bonchev–Trinajstić information content (AvgIpc) is 3.22. The van der Waals surface area contributed by atoms with Gasteiger partial charge in [0.25, 0.3) is 0 Å². The number of hydrogen-bond donors (Lipinski definition) is 1. The zero-order valence-corrected chi connectivity index (χ0v) is 18.3. The number of carbonyl (C=O) groups excluding carboxylic acids is 1. The maximum atomic E-state index is 11.2. The van der Waals surface area contributed by atoms with Crippen molar-refractivity contribution in [1.82, 2.24) is 14.5 Å². The van der Waals surface area contributed by atoms with Crippen LogP contribution in [-0.2, 0) is 29.8 Å². The minimum Gasteiger partial charge on any atom is -0.369 e. The molecule has 0 atom stereocenters. The van der Waals surface area contributed by atoms with E-state index in [9.17, 15) is 4.79 Å². The number of halogens is 1. The van der Waals surface area contributed by atoms with Crippen LogP contribution in [0.15, 0.2) is 67.3 Å². The second kappa shape index (κ2) is 9.92. The molecule has 0 saturated heterocycles. The van der Waals surface area contributed by atoms with Gasteiger partial charge in [0.2, 0.25) is 5.91 Å². The molecule has 0 unspecified atom stereocenters. The predicted octanol–water partition coefficient (Wildman–Crippen LogP) is 4.39. The van der Waals surface area contributed by atoms with E-state index < -0.39 is 0 Å². The van der Waals surface area contributed by atoms with Gasteiger partial charge in [-0.05, 0) is 49.1 Å². The van der Waals surface area contributed by atoms with E-state index in [0.717, 1.165) is 36.6 Å². The average molecular weight is 425 g/mol. The van der Waals surface area contributed by atoms with Crippen molar-refractivity contribution in [2.75, 3.05) is 6.54 Å². The number of aromatic nitrogens is 2. The minimum absolute atomic E-state index is 0.195. The van der Waals surface area contributed by atoms with Crippen molar-refractivity contribution in [3.8, 4) is 0 Å². The van der Waals surface area contributed by atoms with Crippen LogP contribution in [0, 0.1) is 0 Å². The molecule has 3 rings (SSSR count). The lowest BCUT2D eigenvalue weighted by molar-refractivity contribution is -0.117. The van der Waals surface area contributed by atoms with Crippen molar-refractivity contribution in [2.45, 2.75) is 45.3 Å². The number of rotatable bonds is 10. The Morgan fingerprint density at radius 2 is 1.77 bits per heavy atom. The standard InChI is InChI=1S/C24H29ClN4O/c1-24(2,21-8-4-19(5-9-21)16-23(26)30)29(14-3-13-28-15-12-27-18-28)17-20-6-10-22(25)11-7-20/h4-12,15,18H,3,13-14,16-17H2,1-2H3,(H2,26,30). The number of aryl methyl sites for hydroxylation is 1. The van der Waals surface area contributed by atoms with E-state index in [1.807, 2.05) is 43.0 Å². The lowest BCUT2D eigenvalue weighted by atomic mass is 9.90. The van der Waals surface area contributed by atoms with Crippen LogP contribution in [0.3, 0.4) is 0 Å². The summed E-state index contributed by atoms with van der Waals surface area (Å²) in [7, 11) is 0. The second-order valence-electron chi connectivity index (χ2n) is 8.10. The fourth-order valence-corrected chi connectivity index (χ4v) is 3.77. The van der Waals surface area contributed by atoms with Gasteiger partial charge in [-0.15, -0.1) is 0 Å². The Balaban J connectivity index is 1.78. The van der Waals surface area contributed by atoms with Crippen LogP contribution in [-0.4, -0.2) is 26.9 Å². The molecule has 6 heteroatoms. The zero-order chi connectivity index (χ0) is 21.6. The quantitative estimate of drug-likeness (QED) is 0.524. The van der Waals surface area contributed by atoms with E-state index in [-0.39, 0.29) is 17.9 Å². The van der Waals surface area contributed by atoms with Gasteiger partial charge in [-0.2, -0.15) is 0 Å². The van der Waals surface area contributed by atoms with Crippen LogP contribution in [0.4, 0.5) is 0 Å². The largest absolute Gasteiger partial charge is 0.369 e. The summed E-state index contributed by atoms with van der Waals surface area (Å²) in [5, 5.41) is 0.745. The highest BCUT2D eigenvalue weighted by Gasteiger charge is 2.28. The molecule has 1 aromatic heterocycles. The predicted molar refractivity (Wildman–Crippen MR) is 121 cm³/mol. The first-order valence-electron chi connectivity index (χ1n) is 10.2. The van der Waals surface area contributed by atoms with Crippen molar-refractivity contribution in [2.24, 2.45) is 5.73 Å². The molecule has 2 N–H and O–H groups in total. The SMILES string of the molecule is CC(C)(c1ccc(CC(N)=O)cc1)N(CCCn1ccnc1)Cc1ccc(Cl)cc1. The van der Waals surface area contributed by atoms with Gasteiger partial charge in [-0.3, -0.25) is 9.69 Å². The molecule has 0 spiro atoms. The molecule has 1 heterocycles. The van der Waals surface area contributed by atoms with Gasteiger partial charge in [-0.1, -0.05) is 48.0 Å². The molecule has 0 fully saturated rings. The summed E-state index contributed by atoms with van der Waals surface area (Å²) in [4.78, 5) is 17.8. The fourth-order valence-electron chi connectivity index (χ4n) is 3.64. The van der Waals surface area contributed by atoms with Crippen molar-refractivity contribution in [3.63, 3.8) is 0 Å². The van der Waals surface area contributed by atoms with E-state index in [0.29, 0.717) is 0 Å². The molecule has 0 radical (unpaired) electrons. The highest BCUT2D eigenvalue weighted by atomic mass is 35.5. The van der Waals surface area contributed by atoms with Gasteiger partial charge >= 0.3 is 0 Å². The monoisotopic (exact) mass is 424 g/mol. The lowest BCUT2D eigenvalue weighted by Crippen LogP contribution is -2.42. The summed E-state index contributed by atoms with van der Waals surface area (Å²) >= 11 is 6.07. The van der Waals surface area contributed by atoms with Crippen LogP contribution >= 0.6 is 11.6 Å². The molecule has 0 saturated carbocycles. The molecule has 0 aliphatic heterocycles. The molecule has 2 aromatic carbocycles. The summed E-state index contributed by atoms with van der Waals surface area (Å²) in [5.41, 5.74) is 8.49. The van der Waals surface area contributed by atoms with Crippen LogP contribution in [0.25, 0.3) is 0 Å². The van der Waals surface area contributed by atoms with Gasteiger partial charge < -0.3 is 10.3 Å². The highest BCUT2D eigenvalue weighted by molar-refractivity contribution is 6.30. The normalized spacial score (nSPS) is 11.7. The summed E-state index contributed by atoms with van der Waals surface area (Å²) < 4.78 is 2.10. The molecule has 0 bridgehead atoms. The first-order chi connectivity index (χ1) is 14.3. The third-order valence-corrected chi connectivity index (χ3v) is 5.77. The van der Waals surface area contributed by atoms with Crippen molar-refractivity contribution in [3.05, 3.63) is 89.0 Å². The van der Waals surface area contributed by atoms with Crippen LogP contribution in [0.2, 0.25) is 5.02 Å². The van der Waals surface area contributed by atoms with Gasteiger partial charge in [-0.25, -0.2) is 4.98 Å². The Morgan fingerprint density at radius 3 is 2.37 bits per heavy atom. The first kappa shape index (κ1) is 22.1. The van der Waals surface area contributed by atoms with E-state index in [2.05, 4.69) is 52.6 Å². The van der Waals surface area contributed by atoms with Crippen LogP contribution in [0.1, 0.15) is 37.0 Å². The van der Waals surface area contributed by atoms with Gasteiger partial charge in [0.05, 0.1) is 12.7 Å². The molecule has 3 aromatic rings. The van der Waals surface area contributed by atoms with Crippen molar-refractivity contribution < 1.29 is 4.79 Å². The number of nitrogens with two attached hydrogens (primary N) is 1. The molecule has 0 aliphatic rings. The number of imidazole rings is 1. The third kappa shape index (κ3) is 5.94. The van der Waals surface area contributed by atoms with Crippen LogP contribution < -0.4 is 5.73 Å². The number of hydrogen-bond acceptors (Lipinski definition) is 3. The molecular formula is C24H29ClN4O. The topological polar surface area (TPSA) is 64.2 Å². The smallest absolute Gasteiger partial charge is 0.221 e. The molecular weight excluding hydrogens is 396 g/mol. The zero-order valence-electron chi connectivity index (χ0n) is 17.6. The summed E-state index contributed by atoms with van der Waals surface area (Å²) in [6.07, 6.45) is 6.93. The Labute approximate surface area is 183 Å². The molecule has 1 amide bonds. The van der Waals surface area contributed by atoms with Gasteiger partial charge in [0.1, 0.15) is 0 Å². The number of carbonyl (C=O) groups is 1. The Morgan fingerprint density at radius 1 is 1.10 bits per heavy atom. The van der Waals surface area contributed by atoms with Crippen molar-refractivity contribution >= 4 is 17.5 Å². The first-order valence-corrected chi connectivity index (χ1v) is 10.6. The van der Waals surface area contributed by atoms with Crippen molar-refractivity contribution in [1.29, 1.82) is 0 Å². The number of nitrogens with zero attached hydrogens (tertiary/aromatic N) is 3. The van der Waals surface area contributed by atoms with Crippen LogP contribution in [0.5, 0.6) is 0 Å². The number of primary amides is 1. The Hall–Kier alpha value is -2.63. The molecule has 5 nitrogen and oxygen atoms in total. The lowest BCUT2D eigenvalue weighted by Gasteiger charge is -2.39. The Bertz CT molecular complexity index is 934.